The average Bonchev–Trinajstić information content (AvgIpc) is 2.88. The largest absolute Gasteiger partial charge is 0.469 e. The molecule has 3 rings (SSSR count). The van der Waals surface area contributed by atoms with Crippen molar-refractivity contribution in [2.75, 3.05) is 22.9 Å². The summed E-state index contributed by atoms with van der Waals surface area (Å²) in [7, 11) is -7.20. The molecule has 7 nitrogen and oxygen atoms in total. The van der Waals surface area contributed by atoms with Crippen molar-refractivity contribution in [2.24, 2.45) is 0 Å². The highest BCUT2D eigenvalue weighted by Crippen LogP contribution is 2.37. The minimum atomic E-state index is -4.54. The van der Waals surface area contributed by atoms with E-state index < -0.39 is 66.5 Å². The summed E-state index contributed by atoms with van der Waals surface area (Å²) in [5, 5.41) is 0.250. The third-order valence-corrected chi connectivity index (χ3v) is 9.75. The first-order chi connectivity index (χ1) is 18.2. The van der Waals surface area contributed by atoms with Crippen LogP contribution in [0.3, 0.4) is 0 Å². The number of nitrogens with zero attached hydrogens (tertiary/aromatic N) is 1. The number of aryl methyl sites for hydroxylation is 1. The number of methoxy groups -OCH3 is 1. The summed E-state index contributed by atoms with van der Waals surface area (Å²) in [6.45, 7) is 1.39. The summed E-state index contributed by atoms with van der Waals surface area (Å²) in [6, 6.07) is 9.51. The molecule has 0 aliphatic heterocycles. The molecule has 0 aliphatic carbocycles. The van der Waals surface area contributed by atoms with E-state index in [1.807, 2.05) is 0 Å². The van der Waals surface area contributed by atoms with Crippen molar-refractivity contribution in [2.45, 2.75) is 30.7 Å². The lowest BCUT2D eigenvalue weighted by Gasteiger charge is -2.32. The number of benzene rings is 3. The maximum absolute atomic E-state index is 15.0. The normalized spacial score (nSPS) is 12.7. The first kappa shape index (κ1) is 30.5. The van der Waals surface area contributed by atoms with Crippen molar-refractivity contribution < 1.29 is 39.5 Å². The van der Waals surface area contributed by atoms with E-state index in [1.165, 1.54) is 37.3 Å². The Morgan fingerprint density at radius 3 is 2.18 bits per heavy atom. The van der Waals surface area contributed by atoms with Crippen LogP contribution in [-0.4, -0.2) is 41.4 Å². The van der Waals surface area contributed by atoms with Crippen molar-refractivity contribution in [1.29, 1.82) is 0 Å². The number of ether oxygens (including phenoxy) is 1. The van der Waals surface area contributed by atoms with Crippen LogP contribution in [0, 0.1) is 17.5 Å². The Labute approximate surface area is 230 Å². The number of anilines is 1. The summed E-state index contributed by atoms with van der Waals surface area (Å²) < 4.78 is 101. The van der Waals surface area contributed by atoms with Crippen LogP contribution in [0.5, 0.6) is 0 Å². The highest BCUT2D eigenvalue weighted by Gasteiger charge is 2.34. The third kappa shape index (κ3) is 7.52. The molecule has 0 aromatic heterocycles. The SMILES string of the molecule is COC(=O)CCS(=O)(=O)CCc1cc(F)ccc1[C@@H](C)N(c1cc(F)ccc1F)S(=O)(=O)c1ccc(Cl)cc1. The number of hydrogen-bond acceptors (Lipinski definition) is 6. The van der Waals surface area contributed by atoms with Gasteiger partial charge in [0, 0.05) is 11.1 Å². The summed E-state index contributed by atoms with van der Waals surface area (Å²) in [5.74, 6) is -4.33. The van der Waals surface area contributed by atoms with Gasteiger partial charge in [0.1, 0.15) is 17.5 Å². The van der Waals surface area contributed by atoms with Crippen LogP contribution in [0.2, 0.25) is 5.02 Å². The maximum Gasteiger partial charge on any atom is 0.306 e. The third-order valence-electron chi connectivity index (χ3n) is 5.95. The highest BCUT2D eigenvalue weighted by molar-refractivity contribution is 7.93. The van der Waals surface area contributed by atoms with E-state index in [4.69, 9.17) is 11.6 Å². The zero-order valence-corrected chi connectivity index (χ0v) is 23.3. The van der Waals surface area contributed by atoms with Gasteiger partial charge in [0.05, 0.1) is 41.7 Å². The van der Waals surface area contributed by atoms with Gasteiger partial charge in [-0.2, -0.15) is 0 Å². The molecule has 3 aromatic carbocycles. The van der Waals surface area contributed by atoms with E-state index in [0.29, 0.717) is 4.31 Å². The minimum Gasteiger partial charge on any atom is -0.469 e. The maximum atomic E-state index is 15.0. The monoisotopic (exact) mass is 603 g/mol. The van der Waals surface area contributed by atoms with E-state index in [-0.39, 0.29) is 33.9 Å². The van der Waals surface area contributed by atoms with E-state index in [1.54, 1.807) is 0 Å². The van der Waals surface area contributed by atoms with Crippen molar-refractivity contribution >= 4 is 43.1 Å². The van der Waals surface area contributed by atoms with Gasteiger partial charge in [0.15, 0.2) is 9.84 Å². The zero-order chi connectivity index (χ0) is 29.0. The molecule has 0 saturated heterocycles. The fourth-order valence-corrected chi connectivity index (χ4v) is 6.93. The summed E-state index contributed by atoms with van der Waals surface area (Å²) in [5.41, 5.74) is -0.295. The molecule has 0 radical (unpaired) electrons. The summed E-state index contributed by atoms with van der Waals surface area (Å²) in [4.78, 5) is 11.1. The Bertz CT molecular complexity index is 1570. The van der Waals surface area contributed by atoms with Gasteiger partial charge in [-0.25, -0.2) is 30.0 Å². The van der Waals surface area contributed by atoms with Crippen LogP contribution < -0.4 is 4.31 Å². The molecule has 210 valence electrons. The Balaban J connectivity index is 2.08. The topological polar surface area (TPSA) is 97.8 Å². The lowest BCUT2D eigenvalue weighted by atomic mass is 9.99. The smallest absolute Gasteiger partial charge is 0.306 e. The predicted octanol–water partition coefficient (Wildman–Crippen LogP) is 5.23. The van der Waals surface area contributed by atoms with Gasteiger partial charge in [-0.3, -0.25) is 9.10 Å². The van der Waals surface area contributed by atoms with E-state index >= 15 is 0 Å². The van der Waals surface area contributed by atoms with Gasteiger partial charge in [0.2, 0.25) is 0 Å². The molecular formula is C26H25ClF3NO6S2. The number of carbonyl (C=O) groups is 1. The Kier molecular flexibility index (Phi) is 9.68. The van der Waals surface area contributed by atoms with Gasteiger partial charge >= 0.3 is 5.97 Å². The van der Waals surface area contributed by atoms with Gasteiger partial charge in [-0.05, 0) is 73.0 Å². The lowest BCUT2D eigenvalue weighted by molar-refractivity contribution is -0.140. The number of carbonyl (C=O) groups excluding carboxylic acids is 1. The second-order valence-electron chi connectivity index (χ2n) is 8.60. The molecule has 0 heterocycles. The van der Waals surface area contributed by atoms with Crippen LogP contribution in [0.15, 0.2) is 65.6 Å². The summed E-state index contributed by atoms with van der Waals surface area (Å²) >= 11 is 5.89. The second kappa shape index (κ2) is 12.4. The van der Waals surface area contributed by atoms with Gasteiger partial charge < -0.3 is 4.74 Å². The quantitative estimate of drug-likeness (QED) is 0.278. The van der Waals surface area contributed by atoms with Crippen LogP contribution >= 0.6 is 11.6 Å². The van der Waals surface area contributed by atoms with E-state index in [2.05, 4.69) is 4.74 Å². The van der Waals surface area contributed by atoms with Gasteiger partial charge in [0.25, 0.3) is 10.0 Å². The fraction of sp³-hybridized carbons (Fsp3) is 0.269. The van der Waals surface area contributed by atoms with Gasteiger partial charge in [-0.15, -0.1) is 0 Å². The first-order valence-electron chi connectivity index (χ1n) is 11.6. The van der Waals surface area contributed by atoms with E-state index in [9.17, 15) is 34.8 Å². The molecule has 0 bridgehead atoms. The molecule has 3 aromatic rings. The number of esters is 1. The molecule has 0 N–H and O–H groups in total. The number of halogens is 4. The van der Waals surface area contributed by atoms with Crippen molar-refractivity contribution in [3.8, 4) is 0 Å². The number of rotatable bonds is 11. The number of sulfonamides is 1. The lowest BCUT2D eigenvalue weighted by Crippen LogP contribution is -2.35. The Morgan fingerprint density at radius 2 is 1.54 bits per heavy atom. The minimum absolute atomic E-state index is 0.136. The molecular weight excluding hydrogens is 579 g/mol. The van der Waals surface area contributed by atoms with Crippen LogP contribution in [0.1, 0.15) is 30.5 Å². The van der Waals surface area contributed by atoms with Crippen LogP contribution in [-0.2, 0) is 35.8 Å². The van der Waals surface area contributed by atoms with E-state index in [0.717, 1.165) is 37.4 Å². The molecule has 13 heteroatoms. The molecule has 0 saturated carbocycles. The molecule has 0 amide bonds. The standard InChI is InChI=1S/C26H25ClF3NO6S2/c1-17(23-9-5-20(28)15-18(23)11-13-38(33,34)14-12-26(32)37-2)31(25-16-21(29)6-10-24(25)30)39(35,36)22-7-3-19(27)4-8-22/h3-10,15-17H,11-14H2,1-2H3/t17-/m1/s1. The molecule has 0 unspecified atom stereocenters. The molecule has 0 spiro atoms. The summed E-state index contributed by atoms with van der Waals surface area (Å²) in [6.07, 6.45) is -0.599. The molecule has 1 atom stereocenters. The first-order valence-corrected chi connectivity index (χ1v) is 15.2. The van der Waals surface area contributed by atoms with Crippen molar-refractivity contribution in [3.63, 3.8) is 0 Å². The Hall–Kier alpha value is -3.09. The van der Waals surface area contributed by atoms with Crippen molar-refractivity contribution in [3.05, 3.63) is 94.3 Å². The highest BCUT2D eigenvalue weighted by atomic mass is 35.5. The zero-order valence-electron chi connectivity index (χ0n) is 20.9. The van der Waals surface area contributed by atoms with Gasteiger partial charge in [-0.1, -0.05) is 17.7 Å². The van der Waals surface area contributed by atoms with Crippen LogP contribution in [0.4, 0.5) is 18.9 Å². The average molecular weight is 604 g/mol. The second-order valence-corrected chi connectivity index (χ2v) is 13.2. The number of sulfone groups is 1. The Morgan fingerprint density at radius 1 is 0.923 bits per heavy atom. The molecule has 39 heavy (non-hydrogen) atoms. The van der Waals surface area contributed by atoms with Crippen LogP contribution in [0.25, 0.3) is 0 Å². The molecule has 0 fully saturated rings. The fourth-order valence-electron chi connectivity index (χ4n) is 3.95. The predicted molar refractivity (Wildman–Crippen MR) is 141 cm³/mol. The molecule has 0 aliphatic rings. The van der Waals surface area contributed by atoms with Crippen molar-refractivity contribution in [1.82, 2.24) is 0 Å². The number of hydrogen-bond donors (Lipinski definition) is 0.